The Labute approximate surface area is 130 Å². The number of ether oxygens (including phenoxy) is 1. The molecule has 0 saturated carbocycles. The lowest BCUT2D eigenvalue weighted by atomic mass is 10.1. The molecule has 0 saturated heterocycles. The highest BCUT2D eigenvalue weighted by atomic mass is 16.5. The Hall–Kier alpha value is -2.56. The van der Waals surface area contributed by atoms with Crippen molar-refractivity contribution in [1.82, 2.24) is 14.6 Å². The number of aromatic nitrogens is 3. The van der Waals surface area contributed by atoms with Crippen LogP contribution < -0.4 is 10.1 Å². The van der Waals surface area contributed by atoms with E-state index in [1.54, 1.807) is 7.11 Å². The molecule has 22 heavy (non-hydrogen) atoms. The monoisotopic (exact) mass is 296 g/mol. The average molecular weight is 296 g/mol. The van der Waals surface area contributed by atoms with Gasteiger partial charge in [-0.1, -0.05) is 19.1 Å². The highest BCUT2D eigenvalue weighted by molar-refractivity contribution is 5.71. The molecule has 2 heterocycles. The molecule has 0 amide bonds. The number of methoxy groups -OCH3 is 1. The minimum atomic E-state index is 0.811. The van der Waals surface area contributed by atoms with E-state index in [4.69, 9.17) is 9.84 Å². The number of anilines is 1. The first-order valence-corrected chi connectivity index (χ1v) is 7.47. The lowest BCUT2D eigenvalue weighted by Gasteiger charge is -2.08. The van der Waals surface area contributed by atoms with Crippen LogP contribution in [0, 0.1) is 6.92 Å². The van der Waals surface area contributed by atoms with E-state index in [-0.39, 0.29) is 0 Å². The number of benzene rings is 1. The largest absolute Gasteiger partial charge is 0.496 e. The van der Waals surface area contributed by atoms with Gasteiger partial charge in [-0.05, 0) is 25.5 Å². The number of nitrogens with one attached hydrogen (secondary N) is 1. The van der Waals surface area contributed by atoms with E-state index in [2.05, 4.69) is 17.2 Å². The quantitative estimate of drug-likeness (QED) is 0.782. The summed E-state index contributed by atoms with van der Waals surface area (Å²) in [7, 11) is 1.67. The van der Waals surface area contributed by atoms with Crippen molar-refractivity contribution < 1.29 is 4.74 Å². The molecule has 0 bridgehead atoms. The van der Waals surface area contributed by atoms with Gasteiger partial charge in [-0.2, -0.15) is 9.61 Å². The zero-order valence-corrected chi connectivity index (χ0v) is 13.1. The van der Waals surface area contributed by atoms with Gasteiger partial charge in [-0.15, -0.1) is 0 Å². The minimum Gasteiger partial charge on any atom is -0.496 e. The second-order valence-corrected chi connectivity index (χ2v) is 5.21. The third kappa shape index (κ3) is 2.62. The maximum Gasteiger partial charge on any atom is 0.158 e. The fraction of sp³-hybridized carbons (Fsp3) is 0.294. The second-order valence-electron chi connectivity index (χ2n) is 5.21. The highest BCUT2D eigenvalue weighted by Crippen LogP contribution is 2.29. The first-order valence-electron chi connectivity index (χ1n) is 7.47. The standard InChI is InChI=1S/C17H20N4O/c1-4-9-18-16-10-12(2)19-17-11-14(20-21(16)17)13-7-5-6-8-15(13)22-3/h5-8,10-11,18H,4,9H2,1-3H3. The van der Waals surface area contributed by atoms with E-state index in [0.29, 0.717) is 0 Å². The van der Waals surface area contributed by atoms with Crippen LogP contribution in [-0.2, 0) is 0 Å². The third-order valence-electron chi connectivity index (χ3n) is 3.49. The van der Waals surface area contributed by atoms with Gasteiger partial charge in [0.15, 0.2) is 5.65 Å². The summed E-state index contributed by atoms with van der Waals surface area (Å²) >= 11 is 0. The molecule has 5 heteroatoms. The van der Waals surface area contributed by atoms with Gasteiger partial charge in [0, 0.05) is 29.9 Å². The number of rotatable bonds is 5. The van der Waals surface area contributed by atoms with Crippen LogP contribution in [0.25, 0.3) is 16.9 Å². The predicted molar refractivity (Wildman–Crippen MR) is 88.5 cm³/mol. The summed E-state index contributed by atoms with van der Waals surface area (Å²) in [5.74, 6) is 1.77. The summed E-state index contributed by atoms with van der Waals surface area (Å²) in [5.41, 5.74) is 3.63. The Morgan fingerprint density at radius 3 is 2.82 bits per heavy atom. The minimum absolute atomic E-state index is 0.811. The summed E-state index contributed by atoms with van der Waals surface area (Å²) in [6.07, 6.45) is 1.06. The van der Waals surface area contributed by atoms with Crippen molar-refractivity contribution in [2.45, 2.75) is 20.3 Å². The summed E-state index contributed by atoms with van der Waals surface area (Å²) in [5, 5.41) is 8.10. The smallest absolute Gasteiger partial charge is 0.158 e. The van der Waals surface area contributed by atoms with Crippen LogP contribution in [0.15, 0.2) is 36.4 Å². The van der Waals surface area contributed by atoms with Crippen LogP contribution in [0.2, 0.25) is 0 Å². The van der Waals surface area contributed by atoms with Gasteiger partial charge in [0.2, 0.25) is 0 Å². The fourth-order valence-corrected chi connectivity index (χ4v) is 2.47. The predicted octanol–water partition coefficient (Wildman–Crippen LogP) is 3.54. The van der Waals surface area contributed by atoms with Gasteiger partial charge >= 0.3 is 0 Å². The number of hydrogen-bond donors (Lipinski definition) is 1. The Kier molecular flexibility index (Phi) is 3.96. The molecular formula is C17H20N4O. The molecule has 0 spiro atoms. The van der Waals surface area contributed by atoms with Crippen molar-refractivity contribution in [3.05, 3.63) is 42.1 Å². The molecule has 0 aliphatic carbocycles. The zero-order chi connectivity index (χ0) is 15.5. The van der Waals surface area contributed by atoms with Crippen LogP contribution in [0.5, 0.6) is 5.75 Å². The molecule has 1 aromatic carbocycles. The van der Waals surface area contributed by atoms with E-state index in [1.165, 1.54) is 0 Å². The Morgan fingerprint density at radius 2 is 2.05 bits per heavy atom. The third-order valence-corrected chi connectivity index (χ3v) is 3.49. The summed E-state index contributed by atoms with van der Waals surface area (Å²) in [6.45, 7) is 5.04. The number of fused-ring (bicyclic) bond motifs is 1. The average Bonchev–Trinajstić information content (AvgIpc) is 2.96. The SMILES string of the molecule is CCCNc1cc(C)nc2cc(-c3ccccc3OC)nn12. The van der Waals surface area contributed by atoms with E-state index < -0.39 is 0 Å². The molecule has 3 aromatic rings. The van der Waals surface area contributed by atoms with Crippen molar-refractivity contribution in [2.24, 2.45) is 0 Å². The van der Waals surface area contributed by atoms with Crippen LogP contribution in [0.1, 0.15) is 19.0 Å². The molecule has 5 nitrogen and oxygen atoms in total. The molecule has 114 valence electrons. The van der Waals surface area contributed by atoms with Gasteiger partial charge in [-0.25, -0.2) is 4.98 Å². The summed E-state index contributed by atoms with van der Waals surface area (Å²) in [6, 6.07) is 11.9. The molecule has 3 rings (SSSR count). The molecule has 0 aliphatic heterocycles. The Morgan fingerprint density at radius 1 is 1.23 bits per heavy atom. The maximum absolute atomic E-state index is 5.43. The molecule has 0 aliphatic rings. The topological polar surface area (TPSA) is 51.5 Å². The van der Waals surface area contributed by atoms with Gasteiger partial charge in [0.1, 0.15) is 11.6 Å². The highest BCUT2D eigenvalue weighted by Gasteiger charge is 2.12. The molecule has 0 fully saturated rings. The summed E-state index contributed by atoms with van der Waals surface area (Å²) < 4.78 is 7.28. The van der Waals surface area contributed by atoms with Crippen LogP contribution >= 0.6 is 0 Å². The Balaban J connectivity index is 2.13. The number of para-hydroxylation sites is 1. The normalized spacial score (nSPS) is 10.9. The molecule has 0 atom stereocenters. The van der Waals surface area contributed by atoms with Crippen molar-refractivity contribution in [1.29, 1.82) is 0 Å². The second kappa shape index (κ2) is 6.05. The maximum atomic E-state index is 5.43. The number of nitrogens with zero attached hydrogens (tertiary/aromatic N) is 3. The van der Waals surface area contributed by atoms with Crippen LogP contribution in [0.3, 0.4) is 0 Å². The van der Waals surface area contributed by atoms with E-state index >= 15 is 0 Å². The summed E-state index contributed by atoms with van der Waals surface area (Å²) in [4.78, 5) is 4.57. The first kappa shape index (κ1) is 14.4. The fourth-order valence-electron chi connectivity index (χ4n) is 2.47. The van der Waals surface area contributed by atoms with Crippen molar-refractivity contribution in [3.63, 3.8) is 0 Å². The molecule has 2 aromatic heterocycles. The molecule has 1 N–H and O–H groups in total. The van der Waals surface area contributed by atoms with E-state index in [0.717, 1.165) is 47.1 Å². The van der Waals surface area contributed by atoms with Crippen molar-refractivity contribution in [2.75, 3.05) is 19.0 Å². The first-order chi connectivity index (χ1) is 10.7. The van der Waals surface area contributed by atoms with Crippen molar-refractivity contribution >= 4 is 11.5 Å². The van der Waals surface area contributed by atoms with Crippen LogP contribution in [0.4, 0.5) is 5.82 Å². The van der Waals surface area contributed by atoms with Gasteiger partial charge in [-0.3, -0.25) is 0 Å². The molecule has 0 unspecified atom stereocenters. The number of hydrogen-bond acceptors (Lipinski definition) is 4. The lowest BCUT2D eigenvalue weighted by molar-refractivity contribution is 0.416. The van der Waals surface area contributed by atoms with Gasteiger partial charge in [0.05, 0.1) is 12.8 Å². The molecule has 0 radical (unpaired) electrons. The number of aryl methyl sites for hydroxylation is 1. The lowest BCUT2D eigenvalue weighted by Crippen LogP contribution is -2.07. The van der Waals surface area contributed by atoms with Gasteiger partial charge in [0.25, 0.3) is 0 Å². The van der Waals surface area contributed by atoms with Crippen LogP contribution in [-0.4, -0.2) is 28.3 Å². The van der Waals surface area contributed by atoms with E-state index in [9.17, 15) is 0 Å². The van der Waals surface area contributed by atoms with E-state index in [1.807, 2.05) is 47.8 Å². The molecular weight excluding hydrogens is 276 g/mol. The zero-order valence-electron chi connectivity index (χ0n) is 13.1. The Bertz CT molecular complexity index is 794. The van der Waals surface area contributed by atoms with Crippen molar-refractivity contribution in [3.8, 4) is 17.0 Å². The van der Waals surface area contributed by atoms with Gasteiger partial charge < -0.3 is 10.1 Å².